The minimum absolute atomic E-state index is 0.00376. The molecule has 0 aliphatic carbocycles. The van der Waals surface area contributed by atoms with E-state index < -0.39 is 0 Å². The van der Waals surface area contributed by atoms with E-state index in [1.54, 1.807) is 0 Å². The number of aryl methyl sites for hydroxylation is 2. The van der Waals surface area contributed by atoms with Crippen molar-refractivity contribution in [2.24, 2.45) is 0 Å². The van der Waals surface area contributed by atoms with E-state index in [1.165, 1.54) is 11.1 Å². The molecule has 0 atom stereocenters. The van der Waals surface area contributed by atoms with Crippen LogP contribution in [0.25, 0.3) is 22.2 Å². The highest BCUT2D eigenvalue weighted by molar-refractivity contribution is 6.07. The Balaban J connectivity index is 1.34. The van der Waals surface area contributed by atoms with Gasteiger partial charge in [0.2, 0.25) is 0 Å². The fourth-order valence-electron chi connectivity index (χ4n) is 4.93. The number of amides is 1. The molecule has 0 saturated carbocycles. The van der Waals surface area contributed by atoms with Gasteiger partial charge in [-0.3, -0.25) is 9.69 Å². The number of rotatable bonds is 6. The first-order valence-electron chi connectivity index (χ1n) is 12.7. The lowest BCUT2D eigenvalue weighted by Gasteiger charge is -2.32. The van der Waals surface area contributed by atoms with Gasteiger partial charge in [0.15, 0.2) is 0 Å². The van der Waals surface area contributed by atoms with Crippen LogP contribution in [0.3, 0.4) is 0 Å². The third kappa shape index (κ3) is 5.44. The molecule has 1 amide bonds. The van der Waals surface area contributed by atoms with Gasteiger partial charge < -0.3 is 5.32 Å². The van der Waals surface area contributed by atoms with Crippen LogP contribution in [-0.2, 0) is 13.0 Å². The summed E-state index contributed by atoms with van der Waals surface area (Å²) in [5.41, 5.74) is 7.20. The maximum Gasteiger partial charge on any atom is 0.252 e. The summed E-state index contributed by atoms with van der Waals surface area (Å²) in [6.45, 7) is 7.16. The van der Waals surface area contributed by atoms with Gasteiger partial charge in [0, 0.05) is 36.6 Å². The third-order valence-electron chi connectivity index (χ3n) is 7.04. The number of piperidine rings is 1. The Morgan fingerprint density at radius 2 is 1.69 bits per heavy atom. The molecule has 4 aromatic rings. The Hall–Kier alpha value is -3.50. The van der Waals surface area contributed by atoms with Crippen molar-refractivity contribution in [2.75, 3.05) is 13.1 Å². The van der Waals surface area contributed by atoms with Gasteiger partial charge in [-0.1, -0.05) is 73.2 Å². The number of pyridine rings is 1. The van der Waals surface area contributed by atoms with Gasteiger partial charge in [-0.25, -0.2) is 4.98 Å². The number of benzene rings is 3. The molecule has 0 unspecified atom stereocenters. The molecule has 5 rings (SSSR count). The molecule has 178 valence electrons. The fourth-order valence-corrected chi connectivity index (χ4v) is 4.93. The van der Waals surface area contributed by atoms with Crippen molar-refractivity contribution in [1.29, 1.82) is 0 Å². The molecule has 0 radical (unpaired) electrons. The van der Waals surface area contributed by atoms with E-state index in [2.05, 4.69) is 90.8 Å². The van der Waals surface area contributed by atoms with Crippen molar-refractivity contribution in [3.63, 3.8) is 0 Å². The smallest absolute Gasteiger partial charge is 0.252 e. The lowest BCUT2D eigenvalue weighted by Crippen LogP contribution is -2.44. The monoisotopic (exact) mass is 463 g/mol. The molecule has 2 heterocycles. The van der Waals surface area contributed by atoms with Crippen molar-refractivity contribution in [2.45, 2.75) is 45.7 Å². The Kier molecular flexibility index (Phi) is 6.91. The summed E-state index contributed by atoms with van der Waals surface area (Å²) in [6.07, 6.45) is 2.93. The van der Waals surface area contributed by atoms with Crippen LogP contribution in [0.15, 0.2) is 78.9 Å². The van der Waals surface area contributed by atoms with E-state index in [1.807, 2.05) is 12.1 Å². The molecule has 0 spiro atoms. The van der Waals surface area contributed by atoms with Gasteiger partial charge in [-0.2, -0.15) is 0 Å². The maximum atomic E-state index is 13.5. The number of carbonyl (C=O) groups is 1. The highest BCUT2D eigenvalue weighted by Crippen LogP contribution is 2.27. The van der Waals surface area contributed by atoms with Crippen molar-refractivity contribution in [3.8, 4) is 11.3 Å². The second-order valence-electron chi connectivity index (χ2n) is 9.64. The number of nitrogens with one attached hydrogen (secondary N) is 1. The Morgan fingerprint density at radius 1 is 0.943 bits per heavy atom. The average molecular weight is 464 g/mol. The second-order valence-corrected chi connectivity index (χ2v) is 9.64. The van der Waals surface area contributed by atoms with Crippen molar-refractivity contribution >= 4 is 16.8 Å². The molecule has 1 fully saturated rings. The van der Waals surface area contributed by atoms with Crippen molar-refractivity contribution < 1.29 is 4.79 Å². The van der Waals surface area contributed by atoms with Crippen LogP contribution in [0.5, 0.6) is 0 Å². The normalized spacial score (nSPS) is 14.8. The van der Waals surface area contributed by atoms with E-state index in [-0.39, 0.29) is 11.9 Å². The molecular formula is C31H33N3O. The van der Waals surface area contributed by atoms with E-state index >= 15 is 0 Å². The molecule has 1 saturated heterocycles. The number of fused-ring (bicyclic) bond motifs is 1. The topological polar surface area (TPSA) is 45.2 Å². The lowest BCUT2D eigenvalue weighted by molar-refractivity contribution is 0.0910. The first-order chi connectivity index (χ1) is 17.1. The van der Waals surface area contributed by atoms with Gasteiger partial charge in [0.05, 0.1) is 16.8 Å². The van der Waals surface area contributed by atoms with Gasteiger partial charge in [0.1, 0.15) is 0 Å². The molecule has 35 heavy (non-hydrogen) atoms. The van der Waals surface area contributed by atoms with Gasteiger partial charge in [-0.05, 0) is 55.5 Å². The minimum atomic E-state index is -0.00376. The van der Waals surface area contributed by atoms with E-state index in [0.717, 1.165) is 66.6 Å². The summed E-state index contributed by atoms with van der Waals surface area (Å²) in [7, 11) is 0. The molecule has 1 aliphatic rings. The van der Waals surface area contributed by atoms with Gasteiger partial charge in [-0.15, -0.1) is 0 Å². The van der Waals surface area contributed by atoms with Gasteiger partial charge >= 0.3 is 0 Å². The molecule has 1 aromatic heterocycles. The van der Waals surface area contributed by atoms with Crippen LogP contribution in [-0.4, -0.2) is 34.9 Å². The fraction of sp³-hybridized carbons (Fsp3) is 0.290. The highest BCUT2D eigenvalue weighted by Gasteiger charge is 2.23. The summed E-state index contributed by atoms with van der Waals surface area (Å²) < 4.78 is 0. The molecule has 4 heteroatoms. The first kappa shape index (κ1) is 23.3. The maximum absolute atomic E-state index is 13.5. The van der Waals surface area contributed by atoms with Crippen LogP contribution >= 0.6 is 0 Å². The quantitative estimate of drug-likeness (QED) is 0.372. The molecule has 1 aliphatic heterocycles. The van der Waals surface area contributed by atoms with E-state index in [9.17, 15) is 4.79 Å². The Morgan fingerprint density at radius 3 is 2.40 bits per heavy atom. The summed E-state index contributed by atoms with van der Waals surface area (Å²) in [6, 6.07) is 27.4. The van der Waals surface area contributed by atoms with Crippen molar-refractivity contribution in [1.82, 2.24) is 15.2 Å². The second kappa shape index (κ2) is 10.4. The Labute approximate surface area is 208 Å². The zero-order valence-electron chi connectivity index (χ0n) is 20.6. The lowest BCUT2D eigenvalue weighted by atomic mass is 9.99. The molecule has 0 bridgehead atoms. The van der Waals surface area contributed by atoms with Crippen LogP contribution in [0.4, 0.5) is 0 Å². The number of likely N-dealkylation sites (tertiary alicyclic amines) is 1. The summed E-state index contributed by atoms with van der Waals surface area (Å²) in [5.74, 6) is -0.00376. The minimum Gasteiger partial charge on any atom is -0.349 e. The molecule has 3 aromatic carbocycles. The van der Waals surface area contributed by atoms with E-state index in [4.69, 9.17) is 4.98 Å². The summed E-state index contributed by atoms with van der Waals surface area (Å²) in [5, 5.41) is 4.25. The van der Waals surface area contributed by atoms with Crippen LogP contribution < -0.4 is 5.32 Å². The zero-order chi connectivity index (χ0) is 24.2. The Bertz CT molecular complexity index is 1310. The van der Waals surface area contributed by atoms with Crippen LogP contribution in [0, 0.1) is 6.92 Å². The predicted molar refractivity (Wildman–Crippen MR) is 144 cm³/mol. The van der Waals surface area contributed by atoms with Crippen molar-refractivity contribution in [3.05, 3.63) is 101 Å². The van der Waals surface area contributed by atoms with Gasteiger partial charge in [0.25, 0.3) is 5.91 Å². The molecular weight excluding hydrogens is 430 g/mol. The highest BCUT2D eigenvalue weighted by atomic mass is 16.1. The SMILES string of the molecule is CCc1ccc(-c2cc(C(=O)NC3CCN(Cc4ccccc4)CC3)c3cc(C)ccc3n2)cc1. The largest absolute Gasteiger partial charge is 0.349 e. The number of nitrogens with zero attached hydrogens (tertiary/aromatic N) is 2. The number of hydrogen-bond acceptors (Lipinski definition) is 3. The zero-order valence-corrected chi connectivity index (χ0v) is 20.6. The summed E-state index contributed by atoms with van der Waals surface area (Å²) in [4.78, 5) is 20.9. The molecule has 1 N–H and O–H groups in total. The van der Waals surface area contributed by atoms with E-state index in [0.29, 0.717) is 5.56 Å². The summed E-state index contributed by atoms with van der Waals surface area (Å²) >= 11 is 0. The predicted octanol–water partition coefficient (Wildman–Crippen LogP) is 6.17. The number of carbonyl (C=O) groups excluding carboxylic acids is 1. The van der Waals surface area contributed by atoms with Crippen LogP contribution in [0.1, 0.15) is 46.8 Å². The number of hydrogen-bond donors (Lipinski definition) is 1. The van der Waals surface area contributed by atoms with Crippen LogP contribution in [0.2, 0.25) is 0 Å². The number of aromatic nitrogens is 1. The average Bonchev–Trinajstić information content (AvgIpc) is 2.90. The molecule has 4 nitrogen and oxygen atoms in total. The first-order valence-corrected chi connectivity index (χ1v) is 12.7. The third-order valence-corrected chi connectivity index (χ3v) is 7.04. The standard InChI is InChI=1S/C31H33N3O/c1-3-23-10-12-25(13-11-23)30-20-28(27-19-22(2)9-14-29(27)33-30)31(35)32-26-15-17-34(18-16-26)21-24-7-5-4-6-8-24/h4-14,19-20,26H,3,15-18,21H2,1-2H3,(H,32,35).